The molecule has 3 heterocycles. The van der Waals surface area contributed by atoms with Gasteiger partial charge in [0.1, 0.15) is 0 Å². The van der Waals surface area contributed by atoms with Crippen LogP contribution in [-0.2, 0) is 5.75 Å². The predicted molar refractivity (Wildman–Crippen MR) is 101 cm³/mol. The number of thiazole rings is 1. The molecule has 5 nitrogen and oxygen atoms in total. The Labute approximate surface area is 154 Å². The average Bonchev–Trinajstić information content (AvgIpc) is 3.20. The summed E-state index contributed by atoms with van der Waals surface area (Å²) in [6, 6.07) is 11.4. The molecule has 0 atom stereocenters. The molecule has 0 fully saturated rings. The largest absolute Gasteiger partial charge is 0.269 e. The zero-order valence-corrected chi connectivity index (χ0v) is 15.4. The third-order valence-corrected chi connectivity index (χ3v) is 6.39. The molecule has 9 heteroatoms. The molecule has 0 amide bonds. The quantitative estimate of drug-likeness (QED) is 0.389. The van der Waals surface area contributed by atoms with Gasteiger partial charge in [0.25, 0.3) is 5.56 Å². The van der Waals surface area contributed by atoms with E-state index in [9.17, 15) is 4.79 Å². The summed E-state index contributed by atoms with van der Waals surface area (Å²) in [4.78, 5) is 17.2. The monoisotopic (exact) mass is 390 g/mol. The van der Waals surface area contributed by atoms with E-state index in [1.807, 2.05) is 35.7 Å². The highest BCUT2D eigenvalue weighted by atomic mass is 32.2. The molecule has 0 N–H and O–H groups in total. The van der Waals surface area contributed by atoms with Gasteiger partial charge in [0.05, 0.1) is 11.4 Å². The molecule has 3 aromatic heterocycles. The molecule has 1 aromatic carbocycles. The van der Waals surface area contributed by atoms with E-state index in [4.69, 9.17) is 12.2 Å². The van der Waals surface area contributed by atoms with Crippen LogP contribution in [0.3, 0.4) is 0 Å². The number of nitrogens with zero attached hydrogens (tertiary/aromatic N) is 4. The molecule has 0 saturated heterocycles. The molecule has 0 saturated carbocycles. The Morgan fingerprint density at radius 1 is 1.25 bits per heavy atom. The summed E-state index contributed by atoms with van der Waals surface area (Å²) < 4.78 is 4.86. The van der Waals surface area contributed by atoms with Crippen LogP contribution in [0.4, 0.5) is 0 Å². The van der Waals surface area contributed by atoms with E-state index < -0.39 is 0 Å². The summed E-state index contributed by atoms with van der Waals surface area (Å²) in [5.41, 5.74) is 1.64. The maximum absolute atomic E-state index is 12.0. The van der Waals surface area contributed by atoms with Gasteiger partial charge >= 0.3 is 0 Å². The molecule has 4 aromatic rings. The van der Waals surface area contributed by atoms with Crippen LogP contribution in [0.5, 0.6) is 0 Å². The summed E-state index contributed by atoms with van der Waals surface area (Å²) in [6.45, 7) is 0. The standard InChI is InChI=1S/C15H10N4OS4/c20-12-8-10(16-13-18(12)6-7-22-13)9-23-14-17-19(15(21)24-14)11-4-2-1-3-5-11/h1-8H,9H2. The minimum Gasteiger partial charge on any atom is -0.269 e. The van der Waals surface area contributed by atoms with Gasteiger partial charge in [-0.1, -0.05) is 41.3 Å². The number of aromatic nitrogens is 4. The van der Waals surface area contributed by atoms with Crippen LogP contribution in [0, 0.1) is 3.95 Å². The predicted octanol–water partition coefficient (Wildman–Crippen LogP) is 4.02. The first-order valence-electron chi connectivity index (χ1n) is 6.95. The van der Waals surface area contributed by atoms with E-state index >= 15 is 0 Å². The molecular weight excluding hydrogens is 380 g/mol. The molecule has 120 valence electrons. The summed E-state index contributed by atoms with van der Waals surface area (Å²) in [7, 11) is 0. The van der Waals surface area contributed by atoms with Gasteiger partial charge in [-0.2, -0.15) is 0 Å². The van der Waals surface area contributed by atoms with Crippen molar-refractivity contribution < 1.29 is 0 Å². The summed E-state index contributed by atoms with van der Waals surface area (Å²) in [5, 5.41) is 6.41. The number of hydrogen-bond acceptors (Lipinski definition) is 7. The second-order valence-corrected chi connectivity index (χ2v) is 8.53. The van der Waals surface area contributed by atoms with Crippen LogP contribution in [0.2, 0.25) is 0 Å². The SMILES string of the molecule is O=c1cc(CSc2nn(-c3ccccc3)c(=S)s2)nc2sccn12. The second kappa shape index (κ2) is 6.60. The van der Waals surface area contributed by atoms with E-state index in [-0.39, 0.29) is 5.56 Å². The van der Waals surface area contributed by atoms with E-state index in [0.29, 0.717) is 14.7 Å². The fourth-order valence-electron chi connectivity index (χ4n) is 2.15. The first kappa shape index (κ1) is 15.7. The number of benzene rings is 1. The maximum atomic E-state index is 12.0. The molecule has 0 unspecified atom stereocenters. The second-order valence-electron chi connectivity index (χ2n) is 4.81. The zero-order valence-electron chi connectivity index (χ0n) is 12.2. The normalized spacial score (nSPS) is 11.2. The van der Waals surface area contributed by atoms with Crippen molar-refractivity contribution in [3.8, 4) is 5.69 Å². The lowest BCUT2D eigenvalue weighted by Gasteiger charge is -2.00. The van der Waals surface area contributed by atoms with Crippen LogP contribution in [0.15, 0.2) is 57.1 Å². The Bertz CT molecular complexity index is 1110. The molecule has 0 aliphatic carbocycles. The first-order valence-corrected chi connectivity index (χ1v) is 10.0. The van der Waals surface area contributed by atoms with Crippen LogP contribution in [0.25, 0.3) is 10.6 Å². The number of thioether (sulfide) groups is 1. The number of hydrogen-bond donors (Lipinski definition) is 0. The molecule has 0 spiro atoms. The van der Waals surface area contributed by atoms with Crippen LogP contribution in [0.1, 0.15) is 5.69 Å². The number of rotatable bonds is 4. The fraction of sp³-hybridized carbons (Fsp3) is 0.0667. The topological polar surface area (TPSA) is 52.2 Å². The molecule has 0 bridgehead atoms. The van der Waals surface area contributed by atoms with E-state index in [1.165, 1.54) is 34.4 Å². The molecule has 0 radical (unpaired) electrons. The summed E-state index contributed by atoms with van der Waals surface area (Å²) >= 11 is 9.84. The fourth-order valence-corrected chi connectivity index (χ4v) is 5.14. The van der Waals surface area contributed by atoms with Crippen molar-refractivity contribution >= 4 is 51.6 Å². The Kier molecular flexibility index (Phi) is 4.31. The Balaban J connectivity index is 1.57. The van der Waals surface area contributed by atoms with Crippen molar-refractivity contribution in [2.24, 2.45) is 0 Å². The minimum atomic E-state index is -0.0562. The van der Waals surface area contributed by atoms with Crippen molar-refractivity contribution in [1.29, 1.82) is 0 Å². The van der Waals surface area contributed by atoms with E-state index in [1.54, 1.807) is 21.3 Å². The summed E-state index contributed by atoms with van der Waals surface area (Å²) in [6.07, 6.45) is 1.74. The average molecular weight is 391 g/mol. The van der Waals surface area contributed by atoms with Gasteiger partial charge in [0, 0.05) is 23.4 Å². The zero-order chi connectivity index (χ0) is 16.5. The lowest BCUT2D eigenvalue weighted by molar-refractivity contribution is 0.829. The number of para-hydroxylation sites is 1. The Morgan fingerprint density at radius 2 is 2.08 bits per heavy atom. The Hall–Kier alpha value is -1.81. The van der Waals surface area contributed by atoms with Crippen molar-refractivity contribution in [2.75, 3.05) is 0 Å². The van der Waals surface area contributed by atoms with Crippen LogP contribution < -0.4 is 5.56 Å². The van der Waals surface area contributed by atoms with Crippen LogP contribution in [-0.4, -0.2) is 19.2 Å². The molecule has 4 rings (SSSR count). The highest BCUT2D eigenvalue weighted by Gasteiger charge is 2.09. The van der Waals surface area contributed by atoms with Gasteiger partial charge in [-0.05, 0) is 24.4 Å². The molecule has 0 aliphatic rings. The van der Waals surface area contributed by atoms with Gasteiger partial charge in [-0.25, -0.2) is 9.67 Å². The first-order chi connectivity index (χ1) is 11.7. The smallest absolute Gasteiger partial charge is 0.258 e. The van der Waals surface area contributed by atoms with E-state index in [0.717, 1.165) is 15.7 Å². The van der Waals surface area contributed by atoms with E-state index in [2.05, 4.69) is 10.1 Å². The van der Waals surface area contributed by atoms with Gasteiger partial charge in [-0.15, -0.1) is 16.4 Å². The van der Waals surface area contributed by atoms with Crippen molar-refractivity contribution in [1.82, 2.24) is 19.2 Å². The Morgan fingerprint density at radius 3 is 2.92 bits per heavy atom. The lowest BCUT2D eigenvalue weighted by Crippen LogP contribution is -2.12. The van der Waals surface area contributed by atoms with Crippen molar-refractivity contribution in [2.45, 2.75) is 10.1 Å². The minimum absolute atomic E-state index is 0.0562. The van der Waals surface area contributed by atoms with Gasteiger partial charge in [-0.3, -0.25) is 9.20 Å². The van der Waals surface area contributed by atoms with Crippen LogP contribution >= 0.6 is 46.7 Å². The van der Waals surface area contributed by atoms with Gasteiger partial charge < -0.3 is 0 Å². The summed E-state index contributed by atoms with van der Waals surface area (Å²) in [5.74, 6) is 0.584. The maximum Gasteiger partial charge on any atom is 0.258 e. The third kappa shape index (κ3) is 3.07. The molecule has 0 aliphatic heterocycles. The number of fused-ring (bicyclic) bond motifs is 1. The van der Waals surface area contributed by atoms with Crippen molar-refractivity contribution in [3.05, 3.63) is 68.0 Å². The van der Waals surface area contributed by atoms with Gasteiger partial charge in [0.2, 0.25) is 0 Å². The van der Waals surface area contributed by atoms with Crippen molar-refractivity contribution in [3.63, 3.8) is 0 Å². The molecule has 24 heavy (non-hydrogen) atoms. The highest BCUT2D eigenvalue weighted by molar-refractivity contribution is 8.00. The lowest BCUT2D eigenvalue weighted by atomic mass is 10.3. The third-order valence-electron chi connectivity index (χ3n) is 3.23. The highest BCUT2D eigenvalue weighted by Crippen LogP contribution is 2.26. The molecular formula is C15H10N4OS4. The van der Waals surface area contributed by atoms with Gasteiger partial charge in [0.15, 0.2) is 13.3 Å².